The molecule has 0 aliphatic carbocycles. The first-order valence-corrected chi connectivity index (χ1v) is 12.3. The number of nitrogens with zero attached hydrogens (tertiary/aromatic N) is 4. The molecule has 10 nitrogen and oxygen atoms in total. The van der Waals surface area contributed by atoms with Crippen molar-refractivity contribution in [3.05, 3.63) is 27.8 Å². The number of aliphatic hydroxyl groups is 1. The third kappa shape index (κ3) is 6.11. The van der Waals surface area contributed by atoms with Gasteiger partial charge in [0.2, 0.25) is 10.0 Å². The molecule has 1 aromatic carbocycles. The van der Waals surface area contributed by atoms with Crippen molar-refractivity contribution in [1.82, 2.24) is 9.21 Å². The van der Waals surface area contributed by atoms with Crippen molar-refractivity contribution < 1.29 is 23.2 Å². The number of hydrogen-bond donors (Lipinski definition) is 1. The Morgan fingerprint density at radius 3 is 2.50 bits per heavy atom. The Kier molecular flexibility index (Phi) is 9.44. The van der Waals surface area contributed by atoms with Gasteiger partial charge in [-0.05, 0) is 12.5 Å². The van der Waals surface area contributed by atoms with Crippen LogP contribution in [0.1, 0.15) is 5.56 Å². The largest absolute Gasteiger partial charge is 0.395 e. The standard InChI is InChI=1S/C18H29BrN4O6S/c1-15-13-16(23(25)26)14-17(18(15)22(4-3-19)7-10-24)30(27,28)20(2)5-6-21-8-11-29-12-9-21/h13-14,24H,3-12H2,1-2H3. The van der Waals surface area contributed by atoms with Crippen molar-refractivity contribution in [2.24, 2.45) is 0 Å². The number of benzene rings is 1. The second-order valence-electron chi connectivity index (χ2n) is 7.05. The van der Waals surface area contributed by atoms with Gasteiger partial charge in [0.15, 0.2) is 0 Å². The Labute approximate surface area is 185 Å². The first kappa shape index (κ1) is 25.0. The second-order valence-corrected chi connectivity index (χ2v) is 9.85. The van der Waals surface area contributed by atoms with E-state index in [4.69, 9.17) is 4.74 Å². The van der Waals surface area contributed by atoms with E-state index in [-0.39, 0.29) is 30.3 Å². The molecule has 0 atom stereocenters. The third-order valence-corrected chi connectivity index (χ3v) is 7.25. The summed E-state index contributed by atoms with van der Waals surface area (Å²) in [4.78, 5) is 14.5. The highest BCUT2D eigenvalue weighted by Gasteiger charge is 2.30. The normalized spacial score (nSPS) is 15.5. The predicted octanol–water partition coefficient (Wildman–Crippen LogP) is 1.05. The molecular formula is C18H29BrN4O6S. The summed E-state index contributed by atoms with van der Waals surface area (Å²) in [5.41, 5.74) is 0.574. The molecule has 0 amide bonds. The Morgan fingerprint density at radius 1 is 1.27 bits per heavy atom. The maximum absolute atomic E-state index is 13.4. The summed E-state index contributed by atoms with van der Waals surface area (Å²) in [5, 5.41) is 21.4. The number of nitro groups is 1. The van der Waals surface area contributed by atoms with E-state index in [0.717, 1.165) is 19.2 Å². The summed E-state index contributed by atoms with van der Waals surface area (Å²) >= 11 is 3.35. The van der Waals surface area contributed by atoms with Gasteiger partial charge < -0.3 is 14.7 Å². The molecular weight excluding hydrogens is 480 g/mol. The molecule has 0 bridgehead atoms. The summed E-state index contributed by atoms with van der Waals surface area (Å²) in [6.07, 6.45) is 0. The number of halogens is 1. The lowest BCUT2D eigenvalue weighted by molar-refractivity contribution is -0.385. The van der Waals surface area contributed by atoms with Crippen molar-refractivity contribution in [2.75, 3.05) is 76.4 Å². The van der Waals surface area contributed by atoms with Crippen LogP contribution in [-0.4, -0.2) is 99.1 Å². The van der Waals surface area contributed by atoms with E-state index in [9.17, 15) is 23.6 Å². The van der Waals surface area contributed by atoms with Crippen LogP contribution in [0.2, 0.25) is 0 Å². The minimum absolute atomic E-state index is 0.118. The van der Waals surface area contributed by atoms with Gasteiger partial charge >= 0.3 is 0 Å². The molecule has 1 N–H and O–H groups in total. The number of morpholine rings is 1. The molecule has 0 spiro atoms. The minimum Gasteiger partial charge on any atom is -0.395 e. The minimum atomic E-state index is -4.00. The number of non-ortho nitro benzene ring substituents is 1. The van der Waals surface area contributed by atoms with Crippen molar-refractivity contribution in [3.8, 4) is 0 Å². The molecule has 1 aliphatic rings. The number of ether oxygens (including phenoxy) is 1. The van der Waals surface area contributed by atoms with Crippen LogP contribution in [0.5, 0.6) is 0 Å². The Bertz CT molecular complexity index is 826. The maximum Gasteiger partial charge on any atom is 0.271 e. The fourth-order valence-electron chi connectivity index (χ4n) is 3.39. The maximum atomic E-state index is 13.4. The van der Waals surface area contributed by atoms with E-state index < -0.39 is 14.9 Å². The molecule has 0 unspecified atom stereocenters. The fraction of sp³-hybridized carbons (Fsp3) is 0.667. The molecule has 30 heavy (non-hydrogen) atoms. The molecule has 0 aromatic heterocycles. The average molecular weight is 509 g/mol. The third-order valence-electron chi connectivity index (χ3n) is 5.02. The van der Waals surface area contributed by atoms with Crippen LogP contribution in [0.15, 0.2) is 17.0 Å². The number of rotatable bonds is 11. The molecule has 2 rings (SSSR count). The van der Waals surface area contributed by atoms with Crippen LogP contribution >= 0.6 is 15.9 Å². The van der Waals surface area contributed by atoms with E-state index in [2.05, 4.69) is 20.8 Å². The zero-order chi connectivity index (χ0) is 22.3. The number of aliphatic hydroxyl groups excluding tert-OH is 1. The van der Waals surface area contributed by atoms with Crippen LogP contribution in [0, 0.1) is 17.0 Å². The van der Waals surface area contributed by atoms with Crippen molar-refractivity contribution >= 4 is 37.3 Å². The summed E-state index contributed by atoms with van der Waals surface area (Å²) < 4.78 is 33.4. The zero-order valence-corrected chi connectivity index (χ0v) is 19.7. The van der Waals surface area contributed by atoms with Crippen LogP contribution in [0.25, 0.3) is 0 Å². The molecule has 1 saturated heterocycles. The molecule has 1 aromatic rings. The van der Waals surface area contributed by atoms with Crippen LogP contribution in [0.4, 0.5) is 11.4 Å². The van der Waals surface area contributed by atoms with Crippen LogP contribution < -0.4 is 4.90 Å². The number of nitro benzene ring substituents is 1. The number of likely N-dealkylation sites (N-methyl/N-ethyl adjacent to an activating group) is 1. The number of hydrogen-bond acceptors (Lipinski definition) is 8. The molecule has 1 fully saturated rings. The number of alkyl halides is 1. The second kappa shape index (κ2) is 11.3. The lowest BCUT2D eigenvalue weighted by Gasteiger charge is -2.30. The lowest BCUT2D eigenvalue weighted by Crippen LogP contribution is -2.42. The van der Waals surface area contributed by atoms with E-state index in [1.54, 1.807) is 11.8 Å². The van der Waals surface area contributed by atoms with Crippen LogP contribution in [-0.2, 0) is 14.8 Å². The van der Waals surface area contributed by atoms with Crippen molar-refractivity contribution in [3.63, 3.8) is 0 Å². The average Bonchev–Trinajstić information content (AvgIpc) is 2.72. The molecule has 12 heteroatoms. The van der Waals surface area contributed by atoms with E-state index in [0.29, 0.717) is 42.9 Å². The van der Waals surface area contributed by atoms with Gasteiger partial charge in [0.25, 0.3) is 5.69 Å². The first-order valence-electron chi connectivity index (χ1n) is 9.69. The van der Waals surface area contributed by atoms with Gasteiger partial charge in [-0.2, -0.15) is 4.31 Å². The molecule has 0 radical (unpaired) electrons. The van der Waals surface area contributed by atoms with Crippen LogP contribution in [0.3, 0.4) is 0 Å². The summed E-state index contributed by atoms with van der Waals surface area (Å²) in [6, 6.07) is 2.47. The molecule has 170 valence electrons. The molecule has 1 heterocycles. The monoisotopic (exact) mass is 508 g/mol. The number of anilines is 1. The van der Waals surface area contributed by atoms with Gasteiger partial charge in [-0.15, -0.1) is 0 Å². The molecule has 0 saturated carbocycles. The Morgan fingerprint density at radius 2 is 1.93 bits per heavy atom. The number of aryl methyl sites for hydroxylation is 1. The van der Waals surface area contributed by atoms with Gasteiger partial charge in [0.1, 0.15) is 4.90 Å². The van der Waals surface area contributed by atoms with Gasteiger partial charge in [0, 0.05) is 63.8 Å². The van der Waals surface area contributed by atoms with E-state index >= 15 is 0 Å². The Hall–Kier alpha value is -1.31. The van der Waals surface area contributed by atoms with Gasteiger partial charge in [-0.3, -0.25) is 15.0 Å². The highest BCUT2D eigenvalue weighted by molar-refractivity contribution is 9.09. The summed E-state index contributed by atoms with van der Waals surface area (Å²) in [6.45, 7) is 5.65. The van der Waals surface area contributed by atoms with Crippen molar-refractivity contribution in [2.45, 2.75) is 11.8 Å². The van der Waals surface area contributed by atoms with Crippen molar-refractivity contribution in [1.29, 1.82) is 0 Å². The fourth-order valence-corrected chi connectivity index (χ4v) is 5.28. The summed E-state index contributed by atoms with van der Waals surface area (Å²) in [5.74, 6) is 0. The van der Waals surface area contributed by atoms with E-state index in [1.165, 1.54) is 17.4 Å². The smallest absolute Gasteiger partial charge is 0.271 e. The SMILES string of the molecule is Cc1cc([N+](=O)[O-])cc(S(=O)(=O)N(C)CCN2CCOCC2)c1N(CCO)CCBr. The first-order chi connectivity index (χ1) is 14.2. The van der Waals surface area contributed by atoms with Gasteiger partial charge in [-0.1, -0.05) is 15.9 Å². The topological polar surface area (TPSA) is 116 Å². The number of sulfonamides is 1. The highest BCUT2D eigenvalue weighted by Crippen LogP contribution is 2.35. The predicted molar refractivity (Wildman–Crippen MR) is 118 cm³/mol. The lowest BCUT2D eigenvalue weighted by atomic mass is 10.1. The van der Waals surface area contributed by atoms with E-state index in [1.807, 2.05) is 0 Å². The summed E-state index contributed by atoms with van der Waals surface area (Å²) in [7, 11) is -2.52. The highest BCUT2D eigenvalue weighted by atomic mass is 79.9. The Balaban J connectivity index is 2.42. The van der Waals surface area contributed by atoms with Gasteiger partial charge in [-0.25, -0.2) is 8.42 Å². The quantitative estimate of drug-likeness (QED) is 0.267. The zero-order valence-electron chi connectivity index (χ0n) is 17.3. The molecule has 1 aliphatic heterocycles. The van der Waals surface area contributed by atoms with Gasteiger partial charge in [0.05, 0.1) is 30.4 Å².